The zero-order valence-electron chi connectivity index (χ0n) is 12.5. The van der Waals surface area contributed by atoms with E-state index in [1.807, 2.05) is 0 Å². The molecule has 1 radical (unpaired) electrons. The minimum absolute atomic E-state index is 0.176. The molecule has 2 aromatic rings. The monoisotopic (exact) mass is 326 g/mol. The molecule has 0 amide bonds. The van der Waals surface area contributed by atoms with Gasteiger partial charge in [-0.05, 0) is 31.5 Å². The van der Waals surface area contributed by atoms with Crippen LogP contribution in [0.1, 0.15) is 19.4 Å². The van der Waals surface area contributed by atoms with Crippen LogP contribution in [-0.2, 0) is 6.54 Å². The number of ether oxygens (including phenoxy) is 2. The van der Waals surface area contributed by atoms with Crippen LogP contribution in [0.25, 0.3) is 0 Å². The predicted molar refractivity (Wildman–Crippen MR) is 77.1 cm³/mol. The SMILES string of the molecule is CC(C)Oc1cc(CNc2nc[c]cn2)cc(OC(F)(F)F)c1. The smallest absolute Gasteiger partial charge is 0.491 e. The highest BCUT2D eigenvalue weighted by atomic mass is 19.4. The van der Waals surface area contributed by atoms with Gasteiger partial charge in [0.25, 0.3) is 0 Å². The lowest BCUT2D eigenvalue weighted by Crippen LogP contribution is -2.17. The van der Waals surface area contributed by atoms with Crippen molar-refractivity contribution in [2.45, 2.75) is 32.9 Å². The Balaban J connectivity index is 2.17. The summed E-state index contributed by atoms with van der Waals surface area (Å²) < 4.78 is 46.7. The molecule has 0 aliphatic carbocycles. The van der Waals surface area contributed by atoms with Gasteiger partial charge < -0.3 is 14.8 Å². The Morgan fingerprint density at radius 2 is 1.78 bits per heavy atom. The third-order valence-electron chi connectivity index (χ3n) is 2.52. The van der Waals surface area contributed by atoms with E-state index in [0.717, 1.165) is 0 Å². The number of anilines is 1. The summed E-state index contributed by atoms with van der Waals surface area (Å²) in [5.41, 5.74) is 0.541. The average Bonchev–Trinajstić information content (AvgIpc) is 2.43. The number of nitrogens with one attached hydrogen (secondary N) is 1. The summed E-state index contributed by atoms with van der Waals surface area (Å²) in [6.45, 7) is 3.78. The van der Waals surface area contributed by atoms with Crippen molar-refractivity contribution in [3.8, 4) is 11.5 Å². The van der Waals surface area contributed by atoms with Crippen molar-refractivity contribution in [3.05, 3.63) is 42.2 Å². The first-order valence-electron chi connectivity index (χ1n) is 6.80. The Morgan fingerprint density at radius 1 is 1.13 bits per heavy atom. The largest absolute Gasteiger partial charge is 0.573 e. The number of benzene rings is 1. The van der Waals surface area contributed by atoms with E-state index < -0.39 is 6.36 Å². The molecule has 123 valence electrons. The van der Waals surface area contributed by atoms with Crippen LogP contribution < -0.4 is 14.8 Å². The van der Waals surface area contributed by atoms with Crippen molar-refractivity contribution in [2.75, 3.05) is 5.32 Å². The molecule has 23 heavy (non-hydrogen) atoms. The first-order valence-corrected chi connectivity index (χ1v) is 6.80. The lowest BCUT2D eigenvalue weighted by Gasteiger charge is -2.15. The van der Waals surface area contributed by atoms with E-state index in [2.05, 4.69) is 26.1 Å². The first-order chi connectivity index (χ1) is 10.8. The van der Waals surface area contributed by atoms with Crippen LogP contribution in [0, 0.1) is 6.07 Å². The number of halogens is 3. The molecule has 1 aromatic heterocycles. The fourth-order valence-electron chi connectivity index (χ4n) is 1.80. The maximum atomic E-state index is 12.4. The molecule has 0 aliphatic rings. The quantitative estimate of drug-likeness (QED) is 0.879. The second-order valence-electron chi connectivity index (χ2n) is 4.89. The van der Waals surface area contributed by atoms with Crippen LogP contribution in [0.4, 0.5) is 19.1 Å². The van der Waals surface area contributed by atoms with Gasteiger partial charge in [-0.15, -0.1) is 13.2 Å². The van der Waals surface area contributed by atoms with Gasteiger partial charge in [0.05, 0.1) is 6.10 Å². The van der Waals surface area contributed by atoms with Crippen LogP contribution in [0.15, 0.2) is 30.6 Å². The van der Waals surface area contributed by atoms with Crippen LogP contribution in [0.3, 0.4) is 0 Å². The Labute approximate surface area is 131 Å². The Morgan fingerprint density at radius 3 is 2.39 bits per heavy atom. The molecule has 0 atom stereocenters. The maximum absolute atomic E-state index is 12.4. The molecule has 5 nitrogen and oxygen atoms in total. The Kier molecular flexibility index (Phi) is 5.25. The first kappa shape index (κ1) is 16.9. The van der Waals surface area contributed by atoms with Crippen LogP contribution in [0.2, 0.25) is 0 Å². The molecule has 0 unspecified atom stereocenters. The fourth-order valence-corrected chi connectivity index (χ4v) is 1.80. The van der Waals surface area contributed by atoms with Crippen molar-refractivity contribution in [1.29, 1.82) is 0 Å². The van der Waals surface area contributed by atoms with Crippen molar-refractivity contribution in [1.82, 2.24) is 9.97 Å². The third-order valence-corrected chi connectivity index (χ3v) is 2.52. The summed E-state index contributed by atoms with van der Waals surface area (Å²) in [6.07, 6.45) is -2.07. The van der Waals surface area contributed by atoms with E-state index in [1.54, 1.807) is 19.9 Å². The number of hydrogen-bond donors (Lipinski definition) is 1. The van der Waals surface area contributed by atoms with Gasteiger partial charge >= 0.3 is 6.36 Å². The number of aromatic nitrogens is 2. The molecule has 1 heterocycles. The average molecular weight is 326 g/mol. The predicted octanol–water partition coefficient (Wildman–Crippen LogP) is 3.57. The summed E-state index contributed by atoms with van der Waals surface area (Å²) in [7, 11) is 0. The van der Waals surface area contributed by atoms with Crippen LogP contribution in [-0.4, -0.2) is 22.4 Å². The van der Waals surface area contributed by atoms with E-state index in [1.165, 1.54) is 24.5 Å². The molecule has 1 aromatic carbocycles. The molecule has 0 saturated carbocycles. The van der Waals surface area contributed by atoms with E-state index in [4.69, 9.17) is 4.74 Å². The van der Waals surface area contributed by atoms with Gasteiger partial charge in [0.1, 0.15) is 11.5 Å². The van der Waals surface area contributed by atoms with Gasteiger partial charge in [0.2, 0.25) is 5.95 Å². The second-order valence-corrected chi connectivity index (χ2v) is 4.89. The highest BCUT2D eigenvalue weighted by molar-refractivity contribution is 5.40. The molecule has 2 rings (SSSR count). The molecule has 0 aliphatic heterocycles. The standard InChI is InChI=1S/C15H15F3N3O2/c1-10(2)22-12-6-11(7-13(8-12)23-15(16,17)18)9-21-14-19-4-3-5-20-14/h4-8,10H,9H2,1-2H3,(H,19,20,21). The highest BCUT2D eigenvalue weighted by Crippen LogP contribution is 2.29. The molecule has 0 spiro atoms. The molecular weight excluding hydrogens is 311 g/mol. The van der Waals surface area contributed by atoms with Gasteiger partial charge in [0.15, 0.2) is 0 Å². The summed E-state index contributed by atoms with van der Waals surface area (Å²) in [4.78, 5) is 7.85. The van der Waals surface area contributed by atoms with E-state index in [-0.39, 0.29) is 18.4 Å². The fraction of sp³-hybridized carbons (Fsp3) is 0.333. The van der Waals surface area contributed by atoms with Crippen LogP contribution in [0.5, 0.6) is 11.5 Å². The molecule has 8 heteroatoms. The zero-order chi connectivity index (χ0) is 16.9. The van der Waals surface area contributed by atoms with Crippen molar-refractivity contribution >= 4 is 5.95 Å². The topological polar surface area (TPSA) is 56.3 Å². The van der Waals surface area contributed by atoms with E-state index in [9.17, 15) is 13.2 Å². The zero-order valence-corrected chi connectivity index (χ0v) is 12.5. The number of rotatable bonds is 6. The van der Waals surface area contributed by atoms with Crippen LogP contribution >= 0.6 is 0 Å². The molecule has 0 fully saturated rings. The number of alkyl halides is 3. The molecule has 1 N–H and O–H groups in total. The number of nitrogens with zero attached hydrogens (tertiary/aromatic N) is 2. The van der Waals surface area contributed by atoms with Gasteiger partial charge in [0, 0.05) is 31.1 Å². The summed E-state index contributed by atoms with van der Waals surface area (Å²) >= 11 is 0. The number of hydrogen-bond acceptors (Lipinski definition) is 5. The van der Waals surface area contributed by atoms with Crippen molar-refractivity contribution in [3.63, 3.8) is 0 Å². The minimum Gasteiger partial charge on any atom is -0.491 e. The second kappa shape index (κ2) is 7.17. The Hall–Kier alpha value is -2.51. The van der Waals surface area contributed by atoms with E-state index in [0.29, 0.717) is 17.3 Å². The van der Waals surface area contributed by atoms with E-state index >= 15 is 0 Å². The van der Waals surface area contributed by atoms with Gasteiger partial charge in [-0.25, -0.2) is 9.97 Å². The molecule has 0 saturated heterocycles. The van der Waals surface area contributed by atoms with Gasteiger partial charge in [-0.1, -0.05) is 0 Å². The lowest BCUT2D eigenvalue weighted by atomic mass is 10.2. The normalized spacial score (nSPS) is 11.4. The molecular formula is C15H15F3N3O2. The summed E-state index contributed by atoms with van der Waals surface area (Å²) in [5.74, 6) is 0.299. The van der Waals surface area contributed by atoms with Gasteiger partial charge in [-0.2, -0.15) is 0 Å². The van der Waals surface area contributed by atoms with Crippen molar-refractivity contribution in [2.24, 2.45) is 0 Å². The summed E-state index contributed by atoms with van der Waals surface area (Å²) in [5, 5.41) is 2.90. The summed E-state index contributed by atoms with van der Waals surface area (Å²) in [6, 6.07) is 6.78. The van der Waals surface area contributed by atoms with Gasteiger partial charge in [-0.3, -0.25) is 0 Å². The lowest BCUT2D eigenvalue weighted by molar-refractivity contribution is -0.274. The van der Waals surface area contributed by atoms with Crippen molar-refractivity contribution < 1.29 is 22.6 Å². The maximum Gasteiger partial charge on any atom is 0.573 e. The minimum atomic E-state index is -4.76. The Bertz CT molecular complexity index is 634. The highest BCUT2D eigenvalue weighted by Gasteiger charge is 2.31. The molecule has 0 bridgehead atoms. The third kappa shape index (κ3) is 6.01.